The van der Waals surface area contributed by atoms with Crippen LogP contribution in [0, 0.1) is 0 Å². The Morgan fingerprint density at radius 2 is 1.90 bits per heavy atom. The molecule has 0 unspecified atom stereocenters. The van der Waals surface area contributed by atoms with Crippen LogP contribution in [0.3, 0.4) is 0 Å². The minimum atomic E-state index is 0. The van der Waals surface area contributed by atoms with Gasteiger partial charge in [0, 0.05) is 57.0 Å². The molecule has 8 heteroatoms. The number of aliphatic imine (C=N–C) groups is 1. The van der Waals surface area contributed by atoms with Gasteiger partial charge in [-0.3, -0.25) is 4.99 Å². The van der Waals surface area contributed by atoms with Crippen molar-refractivity contribution in [2.45, 2.75) is 32.6 Å². The van der Waals surface area contributed by atoms with Crippen molar-refractivity contribution in [1.29, 1.82) is 0 Å². The van der Waals surface area contributed by atoms with E-state index < -0.39 is 0 Å². The van der Waals surface area contributed by atoms with Crippen LogP contribution in [0.25, 0.3) is 0 Å². The SMILES string of the molecule is CN=C(NCCc1nc(C(C)(C)C)cs1)N1CCN(c2ccccc2O)CC1.I. The molecule has 160 valence electrons. The van der Waals surface area contributed by atoms with Crippen LogP contribution in [-0.2, 0) is 11.8 Å². The maximum absolute atomic E-state index is 10.1. The monoisotopic (exact) mass is 529 g/mol. The third-order valence-electron chi connectivity index (χ3n) is 4.96. The Balaban J connectivity index is 0.00000300. The molecule has 0 radical (unpaired) electrons. The third-order valence-corrected chi connectivity index (χ3v) is 5.86. The lowest BCUT2D eigenvalue weighted by atomic mass is 9.93. The van der Waals surface area contributed by atoms with Gasteiger partial charge in [0.15, 0.2) is 5.96 Å². The molecule has 1 fully saturated rings. The molecule has 0 atom stereocenters. The van der Waals surface area contributed by atoms with Crippen molar-refractivity contribution in [2.75, 3.05) is 44.7 Å². The van der Waals surface area contributed by atoms with Crippen molar-refractivity contribution >= 4 is 47.0 Å². The number of piperazine rings is 1. The van der Waals surface area contributed by atoms with E-state index in [1.165, 1.54) is 0 Å². The van der Waals surface area contributed by atoms with E-state index in [9.17, 15) is 5.11 Å². The number of nitrogens with zero attached hydrogens (tertiary/aromatic N) is 4. The first kappa shape index (κ1) is 23.7. The number of para-hydroxylation sites is 2. The van der Waals surface area contributed by atoms with Crippen molar-refractivity contribution in [3.63, 3.8) is 0 Å². The number of benzene rings is 1. The molecule has 1 saturated heterocycles. The average molecular weight is 529 g/mol. The van der Waals surface area contributed by atoms with E-state index in [0.717, 1.165) is 61.5 Å². The van der Waals surface area contributed by atoms with E-state index in [1.54, 1.807) is 17.4 Å². The number of aromatic nitrogens is 1. The van der Waals surface area contributed by atoms with Gasteiger partial charge in [-0.25, -0.2) is 4.98 Å². The average Bonchev–Trinajstić information content (AvgIpc) is 3.15. The largest absolute Gasteiger partial charge is 0.506 e. The fourth-order valence-electron chi connectivity index (χ4n) is 3.27. The Morgan fingerprint density at radius 3 is 2.48 bits per heavy atom. The summed E-state index contributed by atoms with van der Waals surface area (Å²) in [6.45, 7) is 10.9. The maximum atomic E-state index is 10.1. The molecule has 0 amide bonds. The molecule has 0 aliphatic carbocycles. The lowest BCUT2D eigenvalue weighted by Gasteiger charge is -2.37. The molecule has 0 saturated carbocycles. The summed E-state index contributed by atoms with van der Waals surface area (Å²) in [6, 6.07) is 7.53. The number of aromatic hydroxyl groups is 1. The second-order valence-corrected chi connectivity index (χ2v) is 9.01. The van der Waals surface area contributed by atoms with E-state index in [1.807, 2.05) is 25.2 Å². The summed E-state index contributed by atoms with van der Waals surface area (Å²) in [5.74, 6) is 1.28. The van der Waals surface area contributed by atoms with Crippen LogP contribution in [0.15, 0.2) is 34.6 Å². The van der Waals surface area contributed by atoms with Gasteiger partial charge in [-0.2, -0.15) is 0 Å². The van der Waals surface area contributed by atoms with Crippen LogP contribution in [0.4, 0.5) is 5.69 Å². The van der Waals surface area contributed by atoms with Crippen LogP contribution in [0.1, 0.15) is 31.5 Å². The summed E-state index contributed by atoms with van der Waals surface area (Å²) in [6.07, 6.45) is 0.900. The number of halogens is 1. The Kier molecular flexibility index (Phi) is 8.57. The van der Waals surface area contributed by atoms with E-state index >= 15 is 0 Å². The van der Waals surface area contributed by atoms with Crippen LogP contribution in [-0.4, -0.2) is 60.7 Å². The fraction of sp³-hybridized carbons (Fsp3) is 0.524. The Morgan fingerprint density at radius 1 is 1.21 bits per heavy atom. The van der Waals surface area contributed by atoms with Crippen LogP contribution in [0.5, 0.6) is 5.75 Å². The highest BCUT2D eigenvalue weighted by Crippen LogP contribution is 2.27. The normalized spacial score (nSPS) is 15.2. The molecule has 29 heavy (non-hydrogen) atoms. The van der Waals surface area contributed by atoms with Gasteiger partial charge in [0.25, 0.3) is 0 Å². The van der Waals surface area contributed by atoms with Gasteiger partial charge in [-0.1, -0.05) is 32.9 Å². The fourth-order valence-corrected chi connectivity index (χ4v) is 4.30. The number of hydrogen-bond donors (Lipinski definition) is 2. The number of anilines is 1. The summed E-state index contributed by atoms with van der Waals surface area (Å²) < 4.78 is 0. The lowest BCUT2D eigenvalue weighted by Crippen LogP contribution is -2.52. The molecule has 0 spiro atoms. The first-order chi connectivity index (χ1) is 13.4. The van der Waals surface area contributed by atoms with Crippen molar-refractivity contribution < 1.29 is 5.11 Å². The predicted octanol–water partition coefficient (Wildman–Crippen LogP) is 3.70. The van der Waals surface area contributed by atoms with E-state index in [-0.39, 0.29) is 29.4 Å². The van der Waals surface area contributed by atoms with Gasteiger partial charge in [0.05, 0.1) is 16.4 Å². The Bertz CT molecular complexity index is 809. The summed E-state index contributed by atoms with van der Waals surface area (Å²) in [4.78, 5) is 13.7. The highest BCUT2D eigenvalue weighted by molar-refractivity contribution is 14.0. The Hall–Kier alpha value is -1.55. The van der Waals surface area contributed by atoms with Crippen LogP contribution >= 0.6 is 35.3 Å². The molecule has 2 N–H and O–H groups in total. The first-order valence-corrected chi connectivity index (χ1v) is 10.7. The smallest absolute Gasteiger partial charge is 0.193 e. The molecule has 1 aliphatic heterocycles. The summed E-state index contributed by atoms with van der Waals surface area (Å²) in [5.41, 5.74) is 2.17. The zero-order valence-electron chi connectivity index (χ0n) is 17.7. The van der Waals surface area contributed by atoms with E-state index in [2.05, 4.69) is 46.3 Å². The van der Waals surface area contributed by atoms with Crippen LogP contribution in [0.2, 0.25) is 0 Å². The second-order valence-electron chi connectivity index (χ2n) is 8.06. The molecule has 2 heterocycles. The highest BCUT2D eigenvalue weighted by atomic mass is 127. The zero-order chi connectivity index (χ0) is 20.1. The number of hydrogen-bond acceptors (Lipinski definition) is 5. The quantitative estimate of drug-likeness (QED) is 0.360. The van der Waals surface area contributed by atoms with Crippen molar-refractivity contribution in [3.05, 3.63) is 40.3 Å². The number of guanidine groups is 1. The lowest BCUT2D eigenvalue weighted by molar-refractivity contribution is 0.370. The molecule has 1 aromatic heterocycles. The number of phenols is 1. The van der Waals surface area contributed by atoms with E-state index in [4.69, 9.17) is 4.98 Å². The third kappa shape index (κ3) is 6.21. The van der Waals surface area contributed by atoms with Crippen molar-refractivity contribution in [2.24, 2.45) is 4.99 Å². The Labute approximate surface area is 195 Å². The van der Waals surface area contributed by atoms with Gasteiger partial charge in [0.1, 0.15) is 5.75 Å². The van der Waals surface area contributed by atoms with Gasteiger partial charge >= 0.3 is 0 Å². The molecule has 3 rings (SSSR count). The number of rotatable bonds is 4. The number of phenolic OH excluding ortho intramolecular Hbond substituents is 1. The molecule has 0 bridgehead atoms. The van der Waals surface area contributed by atoms with Crippen molar-refractivity contribution in [3.8, 4) is 5.75 Å². The minimum Gasteiger partial charge on any atom is -0.506 e. The van der Waals surface area contributed by atoms with E-state index in [0.29, 0.717) is 5.75 Å². The maximum Gasteiger partial charge on any atom is 0.193 e. The highest BCUT2D eigenvalue weighted by Gasteiger charge is 2.21. The molecule has 6 nitrogen and oxygen atoms in total. The molecular weight excluding hydrogens is 497 g/mol. The number of nitrogens with one attached hydrogen (secondary N) is 1. The van der Waals surface area contributed by atoms with Crippen molar-refractivity contribution in [1.82, 2.24) is 15.2 Å². The van der Waals surface area contributed by atoms with Gasteiger partial charge in [-0.05, 0) is 12.1 Å². The molecular formula is C21H32IN5OS. The topological polar surface area (TPSA) is 64.0 Å². The minimum absolute atomic E-state index is 0. The molecule has 1 aliphatic rings. The zero-order valence-corrected chi connectivity index (χ0v) is 20.8. The van der Waals surface area contributed by atoms with Gasteiger partial charge in [-0.15, -0.1) is 35.3 Å². The summed E-state index contributed by atoms with van der Waals surface area (Å²) in [5, 5.41) is 16.9. The molecule has 2 aromatic rings. The second kappa shape index (κ2) is 10.5. The van der Waals surface area contributed by atoms with Crippen LogP contribution < -0.4 is 10.2 Å². The summed E-state index contributed by atoms with van der Waals surface area (Å²) in [7, 11) is 1.83. The molecule has 1 aromatic carbocycles. The number of thiazole rings is 1. The predicted molar refractivity (Wildman–Crippen MR) is 133 cm³/mol. The van der Waals surface area contributed by atoms with Gasteiger partial charge < -0.3 is 20.2 Å². The standard InChI is InChI=1S/C21H31N5OS.HI/c1-21(2,3)18-15-28-19(24-18)9-10-23-20(22-4)26-13-11-25(12-14-26)16-7-5-6-8-17(16)27;/h5-8,15,27H,9-14H2,1-4H3,(H,22,23);1H. The first-order valence-electron chi connectivity index (χ1n) is 9.82. The van der Waals surface area contributed by atoms with Gasteiger partial charge in [0.2, 0.25) is 0 Å². The summed E-state index contributed by atoms with van der Waals surface area (Å²) >= 11 is 1.74.